The predicted molar refractivity (Wildman–Crippen MR) is 92.4 cm³/mol. The van der Waals surface area contributed by atoms with Crippen LogP contribution in [0.1, 0.15) is 26.0 Å². The molecule has 1 N–H and O–H groups in total. The first-order valence-corrected chi connectivity index (χ1v) is 8.31. The SMILES string of the molecule is CCCNCc1cn(/C(=C\C=C(/C)F)N2CCN(C)CC2)cn1. The Bertz CT molecular complexity index is 537. The summed E-state index contributed by atoms with van der Waals surface area (Å²) in [5.74, 6) is 0.783. The van der Waals surface area contributed by atoms with Crippen LogP contribution in [0.25, 0.3) is 5.82 Å². The first-order valence-electron chi connectivity index (χ1n) is 8.31. The van der Waals surface area contributed by atoms with Crippen LogP contribution < -0.4 is 5.32 Å². The summed E-state index contributed by atoms with van der Waals surface area (Å²) >= 11 is 0. The lowest BCUT2D eigenvalue weighted by Crippen LogP contribution is -2.44. The fourth-order valence-corrected chi connectivity index (χ4v) is 2.55. The Hall–Kier alpha value is -1.66. The van der Waals surface area contributed by atoms with Crippen LogP contribution in [0.5, 0.6) is 0 Å². The molecule has 1 aromatic rings. The highest BCUT2D eigenvalue weighted by Gasteiger charge is 2.17. The molecule has 2 heterocycles. The highest BCUT2D eigenvalue weighted by Crippen LogP contribution is 2.16. The van der Waals surface area contributed by atoms with Gasteiger partial charge in [-0.25, -0.2) is 9.37 Å². The van der Waals surface area contributed by atoms with E-state index in [4.69, 9.17) is 0 Å². The fraction of sp³-hybridized carbons (Fsp3) is 0.588. The number of hydrogen-bond donors (Lipinski definition) is 1. The number of aromatic nitrogens is 2. The summed E-state index contributed by atoms with van der Waals surface area (Å²) in [6.07, 6.45) is 8.30. The van der Waals surface area contributed by atoms with Crippen molar-refractivity contribution in [2.45, 2.75) is 26.8 Å². The van der Waals surface area contributed by atoms with Gasteiger partial charge in [0.1, 0.15) is 12.1 Å². The lowest BCUT2D eigenvalue weighted by Gasteiger charge is -2.35. The molecule has 6 heteroatoms. The van der Waals surface area contributed by atoms with Crippen LogP contribution in [0.2, 0.25) is 0 Å². The molecular formula is C17H28FN5. The second kappa shape index (κ2) is 8.84. The molecule has 1 saturated heterocycles. The molecule has 1 aromatic heterocycles. The highest BCUT2D eigenvalue weighted by molar-refractivity contribution is 5.47. The normalized spacial score (nSPS) is 17.8. The zero-order chi connectivity index (χ0) is 16.7. The monoisotopic (exact) mass is 321 g/mol. The number of imidazole rings is 1. The van der Waals surface area contributed by atoms with Crippen molar-refractivity contribution in [2.24, 2.45) is 0 Å². The van der Waals surface area contributed by atoms with Crippen molar-refractivity contribution in [3.05, 3.63) is 36.2 Å². The van der Waals surface area contributed by atoms with Gasteiger partial charge in [-0.1, -0.05) is 6.92 Å². The third-order valence-corrected chi connectivity index (χ3v) is 3.92. The molecule has 0 bridgehead atoms. The van der Waals surface area contributed by atoms with Crippen LogP contribution in [0.3, 0.4) is 0 Å². The fourth-order valence-electron chi connectivity index (χ4n) is 2.55. The molecule has 0 spiro atoms. The van der Waals surface area contributed by atoms with Gasteiger partial charge in [0.2, 0.25) is 0 Å². The minimum Gasteiger partial charge on any atom is -0.355 e. The molecule has 128 valence electrons. The molecule has 0 unspecified atom stereocenters. The summed E-state index contributed by atoms with van der Waals surface area (Å²) in [7, 11) is 2.13. The summed E-state index contributed by atoms with van der Waals surface area (Å²) < 4.78 is 15.2. The van der Waals surface area contributed by atoms with E-state index in [0.717, 1.165) is 57.2 Å². The minimum absolute atomic E-state index is 0.193. The molecule has 0 saturated carbocycles. The van der Waals surface area contributed by atoms with Crippen molar-refractivity contribution in [3.8, 4) is 0 Å². The van der Waals surface area contributed by atoms with Crippen LogP contribution in [0.4, 0.5) is 4.39 Å². The van der Waals surface area contributed by atoms with Gasteiger partial charge in [0, 0.05) is 38.9 Å². The average Bonchev–Trinajstić information content (AvgIpc) is 2.98. The van der Waals surface area contributed by atoms with E-state index in [9.17, 15) is 4.39 Å². The maximum absolute atomic E-state index is 13.2. The third kappa shape index (κ3) is 5.48. The van der Waals surface area contributed by atoms with Crippen molar-refractivity contribution < 1.29 is 4.39 Å². The van der Waals surface area contributed by atoms with Crippen molar-refractivity contribution in [1.82, 2.24) is 24.7 Å². The van der Waals surface area contributed by atoms with Crippen LogP contribution in [-0.2, 0) is 6.54 Å². The van der Waals surface area contributed by atoms with Crippen molar-refractivity contribution in [3.63, 3.8) is 0 Å². The second-order valence-electron chi connectivity index (χ2n) is 6.02. The van der Waals surface area contributed by atoms with Crippen LogP contribution >= 0.6 is 0 Å². The van der Waals surface area contributed by atoms with Gasteiger partial charge in [-0.3, -0.25) is 4.57 Å². The Morgan fingerprint density at radius 3 is 2.70 bits per heavy atom. The Morgan fingerprint density at radius 1 is 1.30 bits per heavy atom. The molecule has 1 aliphatic rings. The van der Waals surface area contributed by atoms with Gasteiger partial charge in [-0.15, -0.1) is 0 Å². The molecular weight excluding hydrogens is 293 g/mol. The summed E-state index contributed by atoms with van der Waals surface area (Å²) in [5.41, 5.74) is 0.999. The summed E-state index contributed by atoms with van der Waals surface area (Å²) in [5, 5.41) is 3.35. The first-order chi connectivity index (χ1) is 11.1. The van der Waals surface area contributed by atoms with Gasteiger partial charge in [0.25, 0.3) is 0 Å². The number of piperazine rings is 1. The van der Waals surface area contributed by atoms with E-state index in [-0.39, 0.29) is 5.83 Å². The number of allylic oxidation sites excluding steroid dienone is 3. The quantitative estimate of drug-likeness (QED) is 0.617. The van der Waals surface area contributed by atoms with E-state index in [2.05, 4.69) is 34.1 Å². The van der Waals surface area contributed by atoms with E-state index in [1.807, 2.05) is 23.2 Å². The van der Waals surface area contributed by atoms with Gasteiger partial charge >= 0.3 is 0 Å². The van der Waals surface area contributed by atoms with Crippen molar-refractivity contribution in [1.29, 1.82) is 0 Å². The Labute approximate surface area is 138 Å². The minimum atomic E-state index is -0.193. The molecule has 0 aromatic carbocycles. The van der Waals surface area contributed by atoms with Gasteiger partial charge < -0.3 is 15.1 Å². The number of nitrogens with one attached hydrogen (secondary N) is 1. The number of halogens is 1. The molecule has 1 fully saturated rings. The number of rotatable bonds is 7. The largest absolute Gasteiger partial charge is 0.355 e. The Balaban J connectivity index is 2.14. The third-order valence-electron chi connectivity index (χ3n) is 3.92. The van der Waals surface area contributed by atoms with E-state index < -0.39 is 0 Å². The summed E-state index contributed by atoms with van der Waals surface area (Å²) in [4.78, 5) is 9.04. The lowest BCUT2D eigenvalue weighted by atomic mass is 10.3. The topological polar surface area (TPSA) is 36.3 Å². The standard InChI is InChI=1S/C17H28FN5/c1-4-7-19-12-16-13-23(14-20-16)17(6-5-15(2)18)22-10-8-21(3)9-11-22/h5-6,13-14,19H,4,7-12H2,1-3H3/b15-5+,17-6-. The number of hydrogen-bond acceptors (Lipinski definition) is 4. The smallest absolute Gasteiger partial charge is 0.114 e. The molecule has 2 rings (SSSR count). The summed E-state index contributed by atoms with van der Waals surface area (Å²) in [6.45, 7) is 9.24. The number of likely N-dealkylation sites (N-methyl/N-ethyl adjacent to an activating group) is 1. The van der Waals surface area contributed by atoms with Crippen LogP contribution in [0.15, 0.2) is 30.5 Å². The van der Waals surface area contributed by atoms with Crippen molar-refractivity contribution in [2.75, 3.05) is 39.8 Å². The zero-order valence-electron chi connectivity index (χ0n) is 14.4. The van der Waals surface area contributed by atoms with Crippen LogP contribution in [0, 0.1) is 0 Å². The molecule has 5 nitrogen and oxygen atoms in total. The lowest BCUT2D eigenvalue weighted by molar-refractivity contribution is 0.202. The molecule has 23 heavy (non-hydrogen) atoms. The molecule has 0 amide bonds. The maximum atomic E-state index is 13.2. The maximum Gasteiger partial charge on any atom is 0.114 e. The molecule has 0 radical (unpaired) electrons. The van der Waals surface area contributed by atoms with E-state index >= 15 is 0 Å². The number of nitrogens with zero attached hydrogens (tertiary/aromatic N) is 4. The average molecular weight is 321 g/mol. The molecule has 0 aliphatic carbocycles. The molecule has 0 atom stereocenters. The Kier molecular flexibility index (Phi) is 6.80. The van der Waals surface area contributed by atoms with Gasteiger partial charge in [0.15, 0.2) is 0 Å². The van der Waals surface area contributed by atoms with E-state index in [1.54, 1.807) is 0 Å². The summed E-state index contributed by atoms with van der Waals surface area (Å²) in [6, 6.07) is 0. The van der Waals surface area contributed by atoms with E-state index in [0.29, 0.717) is 0 Å². The predicted octanol–water partition coefficient (Wildman–Crippen LogP) is 2.30. The first kappa shape index (κ1) is 17.7. The Morgan fingerprint density at radius 2 is 2.04 bits per heavy atom. The van der Waals surface area contributed by atoms with Crippen molar-refractivity contribution >= 4 is 5.82 Å². The van der Waals surface area contributed by atoms with Gasteiger partial charge in [-0.05, 0) is 39.1 Å². The van der Waals surface area contributed by atoms with Gasteiger partial charge in [-0.2, -0.15) is 0 Å². The van der Waals surface area contributed by atoms with E-state index in [1.165, 1.54) is 13.0 Å². The second-order valence-corrected chi connectivity index (χ2v) is 6.02. The zero-order valence-corrected chi connectivity index (χ0v) is 14.4. The highest BCUT2D eigenvalue weighted by atomic mass is 19.1. The molecule has 1 aliphatic heterocycles. The van der Waals surface area contributed by atoms with Crippen LogP contribution in [-0.4, -0.2) is 59.1 Å². The van der Waals surface area contributed by atoms with Gasteiger partial charge in [0.05, 0.1) is 11.5 Å².